The molecule has 2 aromatic rings. The van der Waals surface area contributed by atoms with Gasteiger partial charge in [-0.05, 0) is 46.2 Å². The number of ether oxygens (including phenoxy) is 1. The van der Waals surface area contributed by atoms with Crippen LogP contribution in [0.3, 0.4) is 0 Å². The number of halogens is 1. The largest absolute Gasteiger partial charge is 0.497 e. The molecule has 1 aromatic carbocycles. The first-order chi connectivity index (χ1) is 6.74. The van der Waals surface area contributed by atoms with Crippen LogP contribution in [-0.4, -0.2) is 12.2 Å². The summed E-state index contributed by atoms with van der Waals surface area (Å²) in [5.74, 6) is 0.865. The summed E-state index contributed by atoms with van der Waals surface area (Å²) in [6.07, 6.45) is 0. The normalized spacial score (nSPS) is 10.8. The average molecular weight is 320 g/mol. The summed E-state index contributed by atoms with van der Waals surface area (Å²) >= 11 is 3.92. The molecule has 0 spiro atoms. The maximum Gasteiger partial charge on any atom is 0.120 e. The number of rotatable bonds is 2. The van der Waals surface area contributed by atoms with E-state index in [2.05, 4.69) is 22.6 Å². The fourth-order valence-electron chi connectivity index (χ4n) is 1.33. The first kappa shape index (κ1) is 10.2. The zero-order valence-corrected chi connectivity index (χ0v) is 10.6. The number of aliphatic hydroxyl groups is 1. The zero-order valence-electron chi connectivity index (χ0n) is 7.58. The SMILES string of the molecule is COc1cc(I)c2sc(CO)cc2c1. The summed E-state index contributed by atoms with van der Waals surface area (Å²) in [6.45, 7) is 0.109. The van der Waals surface area contributed by atoms with Gasteiger partial charge in [-0.1, -0.05) is 0 Å². The second kappa shape index (κ2) is 4.04. The van der Waals surface area contributed by atoms with Gasteiger partial charge in [-0.25, -0.2) is 0 Å². The molecule has 0 saturated carbocycles. The highest BCUT2D eigenvalue weighted by atomic mass is 127. The minimum atomic E-state index is 0.109. The van der Waals surface area contributed by atoms with Crippen molar-refractivity contribution in [2.75, 3.05) is 7.11 Å². The molecule has 0 unspecified atom stereocenters. The molecule has 14 heavy (non-hydrogen) atoms. The topological polar surface area (TPSA) is 29.5 Å². The maximum atomic E-state index is 9.03. The highest BCUT2D eigenvalue weighted by molar-refractivity contribution is 14.1. The van der Waals surface area contributed by atoms with Gasteiger partial charge in [0.05, 0.1) is 13.7 Å². The van der Waals surface area contributed by atoms with E-state index in [9.17, 15) is 0 Å². The molecule has 0 atom stereocenters. The number of fused-ring (bicyclic) bond motifs is 1. The molecule has 0 aliphatic rings. The molecule has 1 aromatic heterocycles. The van der Waals surface area contributed by atoms with Crippen molar-refractivity contribution in [2.45, 2.75) is 6.61 Å². The fourth-order valence-corrected chi connectivity index (χ4v) is 3.19. The van der Waals surface area contributed by atoms with E-state index in [1.54, 1.807) is 18.4 Å². The molecular formula is C10H9IO2S. The Labute approximate surface area is 99.7 Å². The first-order valence-corrected chi connectivity index (χ1v) is 6.01. The number of thiophene rings is 1. The monoisotopic (exact) mass is 320 g/mol. The molecular weight excluding hydrogens is 311 g/mol. The van der Waals surface area contributed by atoms with Gasteiger partial charge in [0.25, 0.3) is 0 Å². The van der Waals surface area contributed by atoms with E-state index in [0.29, 0.717) is 0 Å². The lowest BCUT2D eigenvalue weighted by atomic mass is 10.2. The molecule has 0 saturated heterocycles. The van der Waals surface area contributed by atoms with Crippen molar-refractivity contribution in [3.63, 3.8) is 0 Å². The number of hydrogen-bond donors (Lipinski definition) is 1. The van der Waals surface area contributed by atoms with Crippen LogP contribution in [0.1, 0.15) is 4.88 Å². The van der Waals surface area contributed by atoms with Gasteiger partial charge in [0.15, 0.2) is 0 Å². The van der Waals surface area contributed by atoms with E-state index in [0.717, 1.165) is 16.0 Å². The Bertz CT molecular complexity index is 464. The Morgan fingerprint density at radius 2 is 2.21 bits per heavy atom. The Morgan fingerprint density at radius 3 is 2.86 bits per heavy atom. The van der Waals surface area contributed by atoms with Gasteiger partial charge in [0.2, 0.25) is 0 Å². The quantitative estimate of drug-likeness (QED) is 0.862. The van der Waals surface area contributed by atoms with Crippen LogP contribution in [0.15, 0.2) is 18.2 Å². The van der Waals surface area contributed by atoms with Gasteiger partial charge in [-0.15, -0.1) is 11.3 Å². The molecule has 4 heteroatoms. The van der Waals surface area contributed by atoms with E-state index in [4.69, 9.17) is 9.84 Å². The molecule has 0 radical (unpaired) electrons. The number of hydrogen-bond acceptors (Lipinski definition) is 3. The lowest BCUT2D eigenvalue weighted by Gasteiger charge is -2.00. The van der Waals surface area contributed by atoms with E-state index in [-0.39, 0.29) is 6.61 Å². The maximum absolute atomic E-state index is 9.03. The molecule has 2 rings (SSSR count). The molecule has 0 fully saturated rings. The van der Waals surface area contributed by atoms with Crippen molar-refractivity contribution >= 4 is 44.0 Å². The van der Waals surface area contributed by atoms with Gasteiger partial charge in [0.1, 0.15) is 5.75 Å². The predicted octanol–water partition coefficient (Wildman–Crippen LogP) is 3.01. The minimum absolute atomic E-state index is 0.109. The molecule has 0 amide bonds. The summed E-state index contributed by atoms with van der Waals surface area (Å²) in [7, 11) is 1.66. The molecule has 1 heterocycles. The minimum Gasteiger partial charge on any atom is -0.497 e. The smallest absolute Gasteiger partial charge is 0.120 e. The predicted molar refractivity (Wildman–Crippen MR) is 67.0 cm³/mol. The second-order valence-corrected chi connectivity index (χ2v) is 5.20. The summed E-state index contributed by atoms with van der Waals surface area (Å²) in [4.78, 5) is 0.992. The van der Waals surface area contributed by atoms with Crippen molar-refractivity contribution in [2.24, 2.45) is 0 Å². The third kappa shape index (κ3) is 1.74. The molecule has 0 aliphatic heterocycles. The number of aliphatic hydroxyl groups excluding tert-OH is 1. The Morgan fingerprint density at radius 1 is 1.43 bits per heavy atom. The van der Waals surface area contributed by atoms with Gasteiger partial charge in [-0.3, -0.25) is 0 Å². The van der Waals surface area contributed by atoms with Crippen LogP contribution < -0.4 is 4.74 Å². The molecule has 0 aliphatic carbocycles. The Hall–Kier alpha value is -0.330. The van der Waals surface area contributed by atoms with Gasteiger partial charge in [0, 0.05) is 13.1 Å². The van der Waals surface area contributed by atoms with E-state index < -0.39 is 0 Å². The van der Waals surface area contributed by atoms with E-state index in [1.165, 1.54) is 8.27 Å². The van der Waals surface area contributed by atoms with Crippen molar-refractivity contribution in [1.29, 1.82) is 0 Å². The van der Waals surface area contributed by atoms with Gasteiger partial charge < -0.3 is 9.84 Å². The third-order valence-corrected chi connectivity index (χ3v) is 4.37. The van der Waals surface area contributed by atoms with Crippen LogP contribution in [0.25, 0.3) is 10.1 Å². The van der Waals surface area contributed by atoms with E-state index in [1.807, 2.05) is 18.2 Å². The summed E-state index contributed by atoms with van der Waals surface area (Å²) in [5, 5.41) is 10.2. The molecule has 1 N–H and O–H groups in total. The van der Waals surface area contributed by atoms with Crippen molar-refractivity contribution in [3.8, 4) is 5.75 Å². The van der Waals surface area contributed by atoms with Gasteiger partial charge in [-0.2, -0.15) is 0 Å². The van der Waals surface area contributed by atoms with Gasteiger partial charge >= 0.3 is 0 Å². The molecule has 2 nitrogen and oxygen atoms in total. The standard InChI is InChI=1S/C10H9IO2S/c1-13-7-2-6-3-8(5-12)14-10(6)9(11)4-7/h2-4,12H,5H2,1H3. The van der Waals surface area contributed by atoms with Crippen LogP contribution >= 0.6 is 33.9 Å². The second-order valence-electron chi connectivity index (χ2n) is 2.90. The molecule has 0 bridgehead atoms. The van der Waals surface area contributed by atoms with Crippen molar-refractivity contribution in [1.82, 2.24) is 0 Å². The van der Waals surface area contributed by atoms with Crippen LogP contribution in [0.4, 0.5) is 0 Å². The fraction of sp³-hybridized carbons (Fsp3) is 0.200. The van der Waals surface area contributed by atoms with Crippen LogP contribution in [0.2, 0.25) is 0 Å². The summed E-state index contributed by atoms with van der Waals surface area (Å²) < 4.78 is 7.57. The highest BCUT2D eigenvalue weighted by Gasteiger charge is 2.06. The zero-order chi connectivity index (χ0) is 10.1. The van der Waals surface area contributed by atoms with Crippen LogP contribution in [0.5, 0.6) is 5.75 Å². The van der Waals surface area contributed by atoms with Crippen LogP contribution in [0, 0.1) is 3.57 Å². The Balaban J connectivity index is 2.67. The first-order valence-electron chi connectivity index (χ1n) is 4.11. The summed E-state index contributed by atoms with van der Waals surface area (Å²) in [6, 6.07) is 6.00. The van der Waals surface area contributed by atoms with E-state index >= 15 is 0 Å². The molecule has 74 valence electrons. The Kier molecular flexibility index (Phi) is 2.94. The number of benzene rings is 1. The number of methoxy groups -OCH3 is 1. The summed E-state index contributed by atoms with van der Waals surface area (Å²) in [5.41, 5.74) is 0. The highest BCUT2D eigenvalue weighted by Crippen LogP contribution is 2.33. The van der Waals surface area contributed by atoms with Crippen molar-refractivity contribution < 1.29 is 9.84 Å². The average Bonchev–Trinajstić information content (AvgIpc) is 2.61. The van der Waals surface area contributed by atoms with Crippen molar-refractivity contribution in [3.05, 3.63) is 26.6 Å². The van der Waals surface area contributed by atoms with Crippen LogP contribution in [-0.2, 0) is 6.61 Å². The lowest BCUT2D eigenvalue weighted by molar-refractivity contribution is 0.285. The lowest BCUT2D eigenvalue weighted by Crippen LogP contribution is -1.82. The third-order valence-electron chi connectivity index (χ3n) is 1.99.